The van der Waals surface area contributed by atoms with Gasteiger partial charge in [0.2, 0.25) is 0 Å². The van der Waals surface area contributed by atoms with Crippen LogP contribution in [0.4, 0.5) is 79.0 Å². The molecule has 0 aliphatic heterocycles. The van der Waals surface area contributed by atoms with Crippen molar-refractivity contribution in [2.24, 2.45) is 0 Å². The third-order valence-corrected chi connectivity index (χ3v) is 14.2. The second-order valence-electron chi connectivity index (χ2n) is 13.0. The minimum atomic E-state index is -7.62. The Bertz CT molecular complexity index is 3480. The van der Waals surface area contributed by atoms with E-state index in [4.69, 9.17) is 0 Å². The fourth-order valence-electron chi connectivity index (χ4n) is 5.86. The lowest BCUT2D eigenvalue weighted by Gasteiger charge is -2.26. The van der Waals surface area contributed by atoms with Crippen LogP contribution in [0.3, 0.4) is 0 Å². The molecule has 0 unspecified atom stereocenters. The Morgan fingerprint density at radius 1 is 0.257 bits per heavy atom. The zero-order chi connectivity index (χ0) is 54.3. The molecule has 5 aromatic carbocycles. The first-order valence-corrected chi connectivity index (χ1v) is 24.6. The fourth-order valence-corrected chi connectivity index (χ4v) is 8.64. The van der Waals surface area contributed by atoms with Crippen molar-refractivity contribution in [3.05, 3.63) is 35.4 Å². The van der Waals surface area contributed by atoms with Crippen molar-refractivity contribution in [2.45, 2.75) is 46.9 Å². The lowest BCUT2D eigenvalue weighted by atomic mass is 9.84. The summed E-state index contributed by atoms with van der Waals surface area (Å²) in [6.07, 6.45) is 0. The highest BCUT2D eigenvalue weighted by atomic mass is 32.2. The number of aryl methyl sites for hydroxylation is 2. The second-order valence-corrected chi connectivity index (χ2v) is 22.3. The molecule has 0 atom stereocenters. The number of hydrogen-bond acceptors (Lipinski definition) is 18. The van der Waals surface area contributed by atoms with Crippen LogP contribution >= 0.6 is 0 Å². The molecule has 42 heteroatoms. The molecule has 0 aromatic heterocycles. The lowest BCUT2D eigenvalue weighted by Crippen LogP contribution is -2.30. The monoisotopic (exact) mass is 1170 g/mol. The first kappa shape index (κ1) is 55.6. The van der Waals surface area contributed by atoms with Gasteiger partial charge in [-0.2, -0.15) is 130 Å². The minimum Gasteiger partial charge on any atom is -0.375 e. The molecule has 0 saturated heterocycles. The van der Waals surface area contributed by atoms with Crippen molar-refractivity contribution < 1.29 is 155 Å². The van der Waals surface area contributed by atoms with Gasteiger partial charge in [0.1, 0.15) is 0 Å². The summed E-state index contributed by atoms with van der Waals surface area (Å²) in [4.78, 5) is 0. The molecule has 392 valence electrons. The van der Waals surface area contributed by atoms with Crippen molar-refractivity contribution in [2.75, 3.05) is 0 Å². The number of rotatable bonds is 12. The van der Waals surface area contributed by atoms with Crippen LogP contribution in [-0.4, -0.2) is 83.6 Å². The predicted molar refractivity (Wildman–Crippen MR) is 191 cm³/mol. The Kier molecular flexibility index (Phi) is 12.8. The first-order valence-electron chi connectivity index (χ1n) is 16.2. The average molecular weight is 1170 g/mol. The number of fused-ring (bicyclic) bond motifs is 2. The molecule has 18 nitrogen and oxygen atoms in total. The smallest absolute Gasteiger partial charge is 0.375 e. The van der Waals surface area contributed by atoms with E-state index in [-0.39, 0.29) is 12.1 Å². The summed E-state index contributed by atoms with van der Waals surface area (Å²) >= 11 is 0. The summed E-state index contributed by atoms with van der Waals surface area (Å²) in [7, 11) is -44.8. The van der Waals surface area contributed by atoms with Gasteiger partial charge in [0.25, 0.3) is 0 Å². The third kappa shape index (κ3) is 9.46. The third-order valence-electron chi connectivity index (χ3n) is 8.38. The standard InChI is InChI=1S/C28H10F18O18S6/c1-7-3-9(59-65(47,48)23(29,30)31)17-11(61-67(51,52)25(35,36)37)5-13(63-69(55,56)27(41,42)43)19-20-14(64-70(57,58)28(44,45)46)6-12(62-68(53,54)26(38,39)40)18-10(60-66(49,50)24(32,33)34)4-8(2)16(22(18)20)15(7)21(17)19/h3-6H,1-2H3. The summed E-state index contributed by atoms with van der Waals surface area (Å²) < 4.78 is 420. The SMILES string of the molecule is Cc1cc(OS(=O)(=O)C(F)(F)F)c2c(OS(=O)(=O)C(F)(F)F)cc(OS(=O)(=O)C(F)(F)F)c3c4c(OS(=O)(=O)C(F)(F)F)cc(OS(=O)(=O)C(F)(F)F)c5c(OS(=O)(=O)C(F)(F)F)cc(C)c(c1c23)c54. The second kappa shape index (κ2) is 16.1. The van der Waals surface area contributed by atoms with Gasteiger partial charge in [-0.25, -0.2) is 0 Å². The van der Waals surface area contributed by atoms with E-state index in [2.05, 4.69) is 25.1 Å². The highest BCUT2D eigenvalue weighted by Crippen LogP contribution is 2.58. The largest absolute Gasteiger partial charge is 0.534 e. The molecule has 0 amide bonds. The summed E-state index contributed by atoms with van der Waals surface area (Å²) in [6.45, 7) is 0.848. The van der Waals surface area contributed by atoms with Crippen molar-refractivity contribution in [1.29, 1.82) is 0 Å². The molecule has 0 aliphatic carbocycles. The first-order chi connectivity index (χ1) is 30.8. The molecule has 0 fully saturated rings. The van der Waals surface area contributed by atoms with E-state index in [9.17, 15) is 130 Å². The van der Waals surface area contributed by atoms with Crippen LogP contribution in [0, 0.1) is 13.8 Å². The Morgan fingerprint density at radius 2 is 0.414 bits per heavy atom. The van der Waals surface area contributed by atoms with E-state index in [1.807, 2.05) is 0 Å². The van der Waals surface area contributed by atoms with Gasteiger partial charge < -0.3 is 25.1 Å². The van der Waals surface area contributed by atoms with E-state index < -0.39 is 195 Å². The zero-order valence-corrected chi connectivity index (χ0v) is 36.8. The number of benzene rings is 5. The van der Waals surface area contributed by atoms with E-state index in [0.29, 0.717) is 13.8 Å². The number of alkyl halides is 18. The maximum atomic E-state index is 13.9. The Hall–Kier alpha value is -5.36. The maximum absolute atomic E-state index is 13.9. The van der Waals surface area contributed by atoms with Crippen LogP contribution in [0.15, 0.2) is 24.3 Å². The van der Waals surface area contributed by atoms with E-state index in [0.717, 1.165) is 0 Å². The predicted octanol–water partition coefficient (Wildman–Crippen LogP) is 7.72. The number of halogens is 18. The van der Waals surface area contributed by atoms with Crippen LogP contribution in [-0.2, 0) is 60.7 Å². The van der Waals surface area contributed by atoms with Crippen LogP contribution < -0.4 is 25.1 Å². The van der Waals surface area contributed by atoms with Gasteiger partial charge in [-0.15, -0.1) is 0 Å². The van der Waals surface area contributed by atoms with Gasteiger partial charge in [0.05, 0.1) is 10.8 Å². The zero-order valence-electron chi connectivity index (χ0n) is 31.9. The van der Waals surface area contributed by atoms with Crippen LogP contribution in [0.25, 0.3) is 43.1 Å². The van der Waals surface area contributed by atoms with Crippen LogP contribution in [0.2, 0.25) is 0 Å². The molecular weight excluding hydrogens is 1160 g/mol. The van der Waals surface area contributed by atoms with Crippen LogP contribution in [0.1, 0.15) is 11.1 Å². The number of hydrogen-bond donors (Lipinski definition) is 0. The van der Waals surface area contributed by atoms with Crippen molar-refractivity contribution >= 4 is 104 Å². The van der Waals surface area contributed by atoms with Crippen LogP contribution in [0.5, 0.6) is 34.5 Å². The summed E-state index contributed by atoms with van der Waals surface area (Å²) in [5.41, 5.74) is -43.1. The highest BCUT2D eigenvalue weighted by molar-refractivity contribution is 7.89. The van der Waals surface area contributed by atoms with E-state index >= 15 is 0 Å². The fraction of sp³-hybridized carbons (Fsp3) is 0.286. The van der Waals surface area contributed by atoms with Gasteiger partial charge in [-0.1, -0.05) is 0 Å². The molecule has 0 aliphatic rings. The molecule has 0 radical (unpaired) electrons. The Morgan fingerprint density at radius 3 is 0.586 bits per heavy atom. The summed E-state index contributed by atoms with van der Waals surface area (Å²) in [6, 6.07) is -2.15. The van der Waals surface area contributed by atoms with Gasteiger partial charge in [-0.3, -0.25) is 0 Å². The van der Waals surface area contributed by atoms with Gasteiger partial charge in [-0.05, 0) is 47.9 Å². The quantitative estimate of drug-likeness (QED) is 0.0380. The Balaban J connectivity index is 2.39. The summed E-state index contributed by atoms with van der Waals surface area (Å²) in [5, 5.41) is -15.7. The van der Waals surface area contributed by atoms with Gasteiger partial charge in [0, 0.05) is 33.7 Å². The lowest BCUT2D eigenvalue weighted by molar-refractivity contribution is -0.0507. The Labute approximate surface area is 374 Å². The molecule has 0 saturated carbocycles. The molecule has 0 spiro atoms. The van der Waals surface area contributed by atoms with Crippen molar-refractivity contribution in [1.82, 2.24) is 0 Å². The highest BCUT2D eigenvalue weighted by Gasteiger charge is 2.55. The van der Waals surface area contributed by atoms with Crippen molar-refractivity contribution in [3.8, 4) is 34.5 Å². The maximum Gasteiger partial charge on any atom is 0.534 e. The van der Waals surface area contributed by atoms with E-state index in [1.54, 1.807) is 0 Å². The molecule has 0 heterocycles. The van der Waals surface area contributed by atoms with Crippen molar-refractivity contribution in [3.63, 3.8) is 0 Å². The van der Waals surface area contributed by atoms with Gasteiger partial charge >= 0.3 is 93.8 Å². The molecule has 5 aromatic rings. The summed E-state index contributed by atoms with van der Waals surface area (Å²) in [5.74, 6) is -15.0. The average Bonchev–Trinajstić information content (AvgIpc) is 3.09. The molecule has 0 N–H and O–H groups in total. The minimum absolute atomic E-state index is 0.139. The molecular formula is C28H10F18O18S6. The molecule has 5 rings (SSSR count). The normalized spacial score (nSPS) is 14.7. The molecule has 0 bridgehead atoms. The molecule has 70 heavy (non-hydrogen) atoms. The van der Waals surface area contributed by atoms with E-state index in [1.165, 1.54) is 0 Å². The van der Waals surface area contributed by atoms with Gasteiger partial charge in [0.15, 0.2) is 34.5 Å². The topological polar surface area (TPSA) is 260 Å².